The van der Waals surface area contributed by atoms with Gasteiger partial charge in [0.25, 0.3) is 0 Å². The number of hydrogen-bond acceptors (Lipinski definition) is 4. The number of benzene rings is 2. The third-order valence-corrected chi connectivity index (χ3v) is 8.55. The molecule has 4 bridgehead atoms. The fraction of sp³-hybridized carbons (Fsp3) is 0.500. The molecule has 1 atom stereocenters. The van der Waals surface area contributed by atoms with E-state index in [1.165, 1.54) is 32.1 Å². The molecule has 0 saturated heterocycles. The molecule has 33 heavy (non-hydrogen) atoms. The fourth-order valence-corrected chi connectivity index (χ4v) is 7.26. The van der Waals surface area contributed by atoms with Gasteiger partial charge in [-0.05, 0) is 103 Å². The Balaban J connectivity index is 1.34. The number of carbonyl (C=O) groups is 1. The second kappa shape index (κ2) is 8.19. The van der Waals surface area contributed by atoms with Crippen LogP contribution in [0.15, 0.2) is 53.6 Å². The first-order chi connectivity index (χ1) is 16.1. The highest BCUT2D eigenvalue weighted by Gasteiger charge is 2.52. The summed E-state index contributed by atoms with van der Waals surface area (Å²) in [6.07, 6.45) is 7.03. The van der Waals surface area contributed by atoms with Crippen molar-refractivity contribution < 1.29 is 14.3 Å². The number of rotatable bonds is 5. The first-order valence-electron chi connectivity index (χ1n) is 12.3. The van der Waals surface area contributed by atoms with Crippen molar-refractivity contribution in [3.63, 3.8) is 0 Å². The van der Waals surface area contributed by atoms with E-state index < -0.39 is 0 Å². The maximum absolute atomic E-state index is 14.1. The molecule has 2 aromatic rings. The second-order valence-corrected chi connectivity index (χ2v) is 10.4. The molecule has 0 aromatic heterocycles. The Hall–Kier alpha value is -2.82. The van der Waals surface area contributed by atoms with Gasteiger partial charge in [-0.3, -0.25) is 4.79 Å². The van der Waals surface area contributed by atoms with E-state index in [0.717, 1.165) is 40.2 Å². The molecule has 0 spiro atoms. The number of ether oxygens (including phenoxy) is 2. The molecule has 0 N–H and O–H groups in total. The van der Waals surface area contributed by atoms with Crippen LogP contribution in [0.5, 0.6) is 11.5 Å². The van der Waals surface area contributed by atoms with E-state index in [1.807, 2.05) is 47.5 Å². The number of carbonyl (C=O) groups excluding carboxylic acids is 1. The average Bonchev–Trinajstić information content (AvgIpc) is 3.29. The number of hydrazone groups is 1. The lowest BCUT2D eigenvalue weighted by Crippen LogP contribution is -2.51. The van der Waals surface area contributed by atoms with E-state index in [4.69, 9.17) is 14.6 Å². The smallest absolute Gasteiger partial charge is 0.246 e. The summed E-state index contributed by atoms with van der Waals surface area (Å²) in [4.78, 5) is 14.1. The summed E-state index contributed by atoms with van der Waals surface area (Å²) in [6.45, 7) is 0. The molecule has 4 aliphatic carbocycles. The van der Waals surface area contributed by atoms with Gasteiger partial charge in [-0.2, -0.15) is 5.10 Å². The molecular formula is C28H32N2O3. The number of hydrogen-bond donors (Lipinski definition) is 0. The molecule has 0 radical (unpaired) electrons. The zero-order chi connectivity index (χ0) is 22.5. The quantitative estimate of drug-likeness (QED) is 0.616. The summed E-state index contributed by atoms with van der Waals surface area (Å²) in [5.41, 5.74) is 3.09. The van der Waals surface area contributed by atoms with Crippen molar-refractivity contribution in [2.45, 2.75) is 44.6 Å². The molecule has 1 aliphatic heterocycles. The van der Waals surface area contributed by atoms with Gasteiger partial charge in [0.15, 0.2) is 0 Å². The van der Waals surface area contributed by atoms with Gasteiger partial charge in [0, 0.05) is 12.3 Å². The minimum absolute atomic E-state index is 0.0955. The van der Waals surface area contributed by atoms with Crippen LogP contribution in [-0.4, -0.2) is 30.8 Å². The van der Waals surface area contributed by atoms with E-state index in [1.54, 1.807) is 14.2 Å². The summed E-state index contributed by atoms with van der Waals surface area (Å²) < 4.78 is 10.8. The van der Waals surface area contributed by atoms with Gasteiger partial charge < -0.3 is 9.47 Å². The third kappa shape index (κ3) is 3.62. The predicted molar refractivity (Wildman–Crippen MR) is 127 cm³/mol. The summed E-state index contributed by atoms with van der Waals surface area (Å²) in [5.74, 6) is 4.78. The van der Waals surface area contributed by atoms with Crippen molar-refractivity contribution in [1.82, 2.24) is 5.01 Å². The molecule has 5 heteroatoms. The molecule has 4 saturated carbocycles. The van der Waals surface area contributed by atoms with E-state index in [2.05, 4.69) is 6.07 Å². The van der Waals surface area contributed by atoms with Gasteiger partial charge in [-0.25, -0.2) is 5.01 Å². The Morgan fingerprint density at radius 3 is 2.18 bits per heavy atom. The second-order valence-electron chi connectivity index (χ2n) is 10.4. The van der Waals surface area contributed by atoms with Gasteiger partial charge in [0.1, 0.15) is 11.5 Å². The van der Waals surface area contributed by atoms with Gasteiger partial charge >= 0.3 is 0 Å². The zero-order valence-electron chi connectivity index (χ0n) is 19.4. The monoisotopic (exact) mass is 444 g/mol. The van der Waals surface area contributed by atoms with Crippen molar-refractivity contribution in [2.24, 2.45) is 34.7 Å². The molecule has 2 aromatic carbocycles. The SMILES string of the molecule is COc1ccc(C2=NN(C(=O)C3C4CC5CC(C4)CC3C5)C(c3cccc(OC)c3)C2)cc1. The van der Waals surface area contributed by atoms with Gasteiger partial charge in [0.2, 0.25) is 5.91 Å². The molecule has 5 nitrogen and oxygen atoms in total. The molecule has 4 fully saturated rings. The minimum atomic E-state index is -0.0955. The first kappa shape index (κ1) is 20.8. The Morgan fingerprint density at radius 2 is 1.55 bits per heavy atom. The van der Waals surface area contributed by atoms with Crippen LogP contribution < -0.4 is 9.47 Å². The zero-order valence-corrected chi connectivity index (χ0v) is 19.4. The third-order valence-electron chi connectivity index (χ3n) is 8.55. The summed E-state index contributed by atoms with van der Waals surface area (Å²) in [5, 5.41) is 6.81. The van der Waals surface area contributed by atoms with Gasteiger partial charge in [-0.1, -0.05) is 12.1 Å². The van der Waals surface area contributed by atoms with Gasteiger partial charge in [-0.15, -0.1) is 0 Å². The normalized spacial score (nSPS) is 32.1. The number of amides is 1. The Morgan fingerprint density at radius 1 is 0.879 bits per heavy atom. The molecular weight excluding hydrogens is 412 g/mol. The highest BCUT2D eigenvalue weighted by atomic mass is 16.5. The molecule has 1 heterocycles. The van der Waals surface area contributed by atoms with Crippen molar-refractivity contribution in [2.75, 3.05) is 14.2 Å². The van der Waals surface area contributed by atoms with Crippen molar-refractivity contribution in [3.05, 3.63) is 59.7 Å². The highest BCUT2D eigenvalue weighted by Crippen LogP contribution is 2.57. The maximum atomic E-state index is 14.1. The Labute approximate surface area is 195 Å². The Kier molecular flexibility index (Phi) is 5.16. The van der Waals surface area contributed by atoms with Crippen molar-refractivity contribution in [3.8, 4) is 11.5 Å². The van der Waals surface area contributed by atoms with Crippen LogP contribution in [0.2, 0.25) is 0 Å². The molecule has 7 rings (SSSR count). The van der Waals surface area contributed by atoms with E-state index in [0.29, 0.717) is 18.3 Å². The molecule has 5 aliphatic rings. The molecule has 172 valence electrons. The fourth-order valence-electron chi connectivity index (χ4n) is 7.26. The first-order valence-corrected chi connectivity index (χ1v) is 12.3. The molecule has 1 unspecified atom stereocenters. The summed E-state index contributed by atoms with van der Waals surface area (Å²) in [7, 11) is 3.36. The van der Waals surface area contributed by atoms with E-state index in [-0.39, 0.29) is 17.9 Å². The van der Waals surface area contributed by atoms with Crippen LogP contribution in [0.4, 0.5) is 0 Å². The lowest BCUT2D eigenvalue weighted by molar-refractivity contribution is -0.151. The number of methoxy groups -OCH3 is 2. The van der Waals surface area contributed by atoms with Crippen LogP contribution >= 0.6 is 0 Å². The summed E-state index contributed by atoms with van der Waals surface area (Å²) >= 11 is 0. The maximum Gasteiger partial charge on any atom is 0.246 e. The van der Waals surface area contributed by atoms with Crippen molar-refractivity contribution >= 4 is 11.6 Å². The standard InChI is InChI=1S/C28H32N2O3/c1-32-23-8-6-19(7-9-23)25-16-26(20-4-3-5-24(15-20)33-2)30(29-25)28(31)27-21-11-17-10-18(13-21)14-22(27)12-17/h3-9,15,17-18,21-22,26-27H,10-14,16H2,1-2H3. The summed E-state index contributed by atoms with van der Waals surface area (Å²) in [6, 6.07) is 16.0. The average molecular weight is 445 g/mol. The minimum Gasteiger partial charge on any atom is -0.497 e. The van der Waals surface area contributed by atoms with E-state index >= 15 is 0 Å². The number of nitrogens with zero attached hydrogens (tertiary/aromatic N) is 2. The van der Waals surface area contributed by atoms with E-state index in [9.17, 15) is 4.79 Å². The highest BCUT2D eigenvalue weighted by molar-refractivity contribution is 6.03. The Bertz CT molecular complexity index is 1050. The topological polar surface area (TPSA) is 51.1 Å². The van der Waals surface area contributed by atoms with Crippen LogP contribution in [0.1, 0.15) is 55.7 Å². The van der Waals surface area contributed by atoms with Crippen LogP contribution in [0.25, 0.3) is 0 Å². The lowest BCUT2D eigenvalue weighted by atomic mass is 9.51. The van der Waals surface area contributed by atoms with Crippen LogP contribution in [-0.2, 0) is 4.79 Å². The largest absolute Gasteiger partial charge is 0.497 e. The van der Waals surface area contributed by atoms with Crippen LogP contribution in [0, 0.1) is 29.6 Å². The van der Waals surface area contributed by atoms with Gasteiger partial charge in [0.05, 0.1) is 26.0 Å². The predicted octanol–water partition coefficient (Wildman–Crippen LogP) is 5.45. The lowest BCUT2D eigenvalue weighted by Gasteiger charge is -2.54. The molecule has 1 amide bonds. The van der Waals surface area contributed by atoms with Crippen molar-refractivity contribution in [1.29, 1.82) is 0 Å². The van der Waals surface area contributed by atoms with Crippen LogP contribution in [0.3, 0.4) is 0 Å².